The Morgan fingerprint density at radius 1 is 1.17 bits per heavy atom. The molecule has 2 aromatic carbocycles. The first-order valence-electron chi connectivity index (χ1n) is 15.3. The van der Waals surface area contributed by atoms with Gasteiger partial charge in [0, 0.05) is 13.6 Å². The van der Waals surface area contributed by atoms with E-state index >= 15 is 0 Å². The number of nitrogens with one attached hydrogen (secondary N) is 2. The van der Waals surface area contributed by atoms with Crippen LogP contribution in [0.2, 0.25) is 0 Å². The largest absolute Gasteiger partial charge is 0.496 e. The molecule has 0 aromatic heterocycles. The monoisotopic (exact) mass is 662 g/mol. The third-order valence-electron chi connectivity index (χ3n) is 8.34. The molecule has 2 aromatic rings. The molecule has 4 rings (SSSR count). The second-order valence-electron chi connectivity index (χ2n) is 12.6. The first-order chi connectivity index (χ1) is 21.8. The second-order valence-corrected chi connectivity index (χ2v) is 14.5. The highest BCUT2D eigenvalue weighted by Gasteiger charge is 2.44. The number of hydrogen-bond donors (Lipinski definition) is 4. The number of benzene rings is 2. The number of likely N-dealkylation sites (N-methyl/N-ethyl adjacent to an activating group) is 1. The van der Waals surface area contributed by atoms with E-state index in [0.717, 1.165) is 4.31 Å². The lowest BCUT2D eigenvalue weighted by molar-refractivity contribution is -0.122. The summed E-state index contributed by atoms with van der Waals surface area (Å²) in [4.78, 5) is 25.2. The highest BCUT2D eigenvalue weighted by atomic mass is 32.2. The van der Waals surface area contributed by atoms with Crippen LogP contribution in [0.5, 0.6) is 5.75 Å². The number of carbonyl (C=O) groups is 2. The summed E-state index contributed by atoms with van der Waals surface area (Å²) in [6.45, 7) is 5.78. The van der Waals surface area contributed by atoms with E-state index < -0.39 is 52.2 Å². The number of nitrogens with zero attached hydrogens (tertiary/aromatic N) is 1. The van der Waals surface area contributed by atoms with E-state index in [1.807, 2.05) is 13.8 Å². The predicted molar refractivity (Wildman–Crippen MR) is 169 cm³/mol. The van der Waals surface area contributed by atoms with Gasteiger partial charge in [0.15, 0.2) is 6.29 Å². The lowest BCUT2D eigenvalue weighted by atomic mass is 9.80. The maximum atomic E-state index is 14.5. The lowest BCUT2D eigenvalue weighted by Gasteiger charge is -2.34. The second kappa shape index (κ2) is 15.1. The van der Waals surface area contributed by atoms with Crippen molar-refractivity contribution in [1.82, 2.24) is 14.9 Å². The highest BCUT2D eigenvalue weighted by Crippen LogP contribution is 2.35. The number of fused-ring (bicyclic) bond motifs is 1. The van der Waals surface area contributed by atoms with Gasteiger partial charge in [0.05, 0.1) is 43.3 Å². The van der Waals surface area contributed by atoms with Crippen molar-refractivity contribution in [3.8, 4) is 5.75 Å². The zero-order valence-electron chi connectivity index (χ0n) is 27.0. The fraction of sp³-hybridized carbons (Fsp3) is 0.562. The number of nitrogens with two attached hydrogens (primary N) is 1. The molecule has 2 amide bonds. The minimum atomic E-state index is -4.36. The summed E-state index contributed by atoms with van der Waals surface area (Å²) >= 11 is 0. The Morgan fingerprint density at radius 3 is 2.54 bits per heavy atom. The quantitative estimate of drug-likeness (QED) is 0.219. The van der Waals surface area contributed by atoms with Gasteiger partial charge in [-0.25, -0.2) is 13.2 Å². The van der Waals surface area contributed by atoms with E-state index in [2.05, 4.69) is 10.6 Å². The summed E-state index contributed by atoms with van der Waals surface area (Å²) in [5, 5.41) is 16.0. The van der Waals surface area contributed by atoms with Crippen molar-refractivity contribution in [2.45, 2.75) is 82.2 Å². The van der Waals surface area contributed by atoms with Crippen LogP contribution in [-0.4, -0.2) is 87.9 Å². The third kappa shape index (κ3) is 8.55. The molecule has 46 heavy (non-hydrogen) atoms. The Morgan fingerprint density at radius 2 is 1.89 bits per heavy atom. The molecule has 0 bridgehead atoms. The van der Waals surface area contributed by atoms with E-state index in [0.29, 0.717) is 42.7 Å². The summed E-state index contributed by atoms with van der Waals surface area (Å²) in [6, 6.07) is 12.6. The van der Waals surface area contributed by atoms with Crippen molar-refractivity contribution in [2.24, 2.45) is 17.1 Å². The third-order valence-corrected chi connectivity index (χ3v) is 10.2. The van der Waals surface area contributed by atoms with E-state index in [-0.39, 0.29) is 29.9 Å². The minimum Gasteiger partial charge on any atom is -0.496 e. The van der Waals surface area contributed by atoms with E-state index in [9.17, 15) is 23.1 Å². The molecular formula is C32H46N4O9S. The molecule has 2 aliphatic heterocycles. The highest BCUT2D eigenvalue weighted by molar-refractivity contribution is 7.89. The first kappa shape index (κ1) is 35.6. The average Bonchev–Trinajstić information content (AvgIpc) is 3.63. The van der Waals surface area contributed by atoms with Crippen LogP contribution in [0.3, 0.4) is 0 Å². The predicted octanol–water partition coefficient (Wildman–Crippen LogP) is 2.11. The van der Waals surface area contributed by atoms with Crippen molar-refractivity contribution in [3.05, 3.63) is 59.7 Å². The van der Waals surface area contributed by atoms with Crippen LogP contribution in [-0.2, 0) is 42.0 Å². The topological polar surface area (TPSA) is 179 Å². The van der Waals surface area contributed by atoms with Gasteiger partial charge in [-0.2, -0.15) is 4.31 Å². The Hall–Kier alpha value is -3.27. The fourth-order valence-corrected chi connectivity index (χ4v) is 7.67. The summed E-state index contributed by atoms with van der Waals surface area (Å²) in [6.07, 6.45) is -3.24. The first-order valence-corrected chi connectivity index (χ1v) is 16.8. The van der Waals surface area contributed by atoms with Crippen LogP contribution in [0.15, 0.2) is 53.4 Å². The van der Waals surface area contributed by atoms with Gasteiger partial charge in [-0.1, -0.05) is 44.2 Å². The van der Waals surface area contributed by atoms with Gasteiger partial charge in [0.25, 0.3) is 0 Å². The standard InChI is InChI=1S/C32H46N4O9S/c1-20(37)28(35-31(39)45-27-19-44-30-24(27)13-14-43-30)36(18-21-9-7-6-8-10-21)46(40,41)23-11-12-26(42-5)22(15-23)16-32(2,3)17-25(33)29(38)34-4/h6-12,15,20,24-25,27-28,30,37H,13-14,16-19,33H2,1-5H3,(H,34,38)(H,35,39)/t20-,24-,25?,27-,28+,30+/m1/s1. The summed E-state index contributed by atoms with van der Waals surface area (Å²) in [5.41, 5.74) is 6.82. The Labute approximate surface area is 270 Å². The molecule has 13 nitrogen and oxygen atoms in total. The van der Waals surface area contributed by atoms with E-state index in [4.69, 9.17) is 24.7 Å². The molecule has 0 spiro atoms. The van der Waals surface area contributed by atoms with Gasteiger partial charge in [-0.3, -0.25) is 4.79 Å². The minimum absolute atomic E-state index is 0.0680. The average molecular weight is 663 g/mol. The van der Waals surface area contributed by atoms with Crippen LogP contribution in [0.25, 0.3) is 0 Å². The maximum Gasteiger partial charge on any atom is 0.408 e. The number of aliphatic hydroxyl groups excluding tert-OH is 1. The zero-order valence-corrected chi connectivity index (χ0v) is 27.8. The van der Waals surface area contributed by atoms with E-state index in [1.165, 1.54) is 33.2 Å². The summed E-state index contributed by atoms with van der Waals surface area (Å²) < 4.78 is 52.2. The number of amides is 2. The van der Waals surface area contributed by atoms with Gasteiger partial charge in [0.2, 0.25) is 15.9 Å². The molecule has 1 unspecified atom stereocenters. The smallest absolute Gasteiger partial charge is 0.408 e. The molecule has 5 N–H and O–H groups in total. The SMILES string of the molecule is CNC(=O)C(N)CC(C)(C)Cc1cc(S(=O)(=O)N(Cc2ccccc2)[C@H](NC(=O)O[C@@H]2CO[C@@H]3OCC[C@@H]32)[C@@H](C)O)ccc1OC. The van der Waals surface area contributed by atoms with Crippen molar-refractivity contribution < 1.29 is 42.1 Å². The van der Waals surface area contributed by atoms with Gasteiger partial charge in [-0.05, 0) is 60.9 Å². The lowest BCUT2D eigenvalue weighted by Crippen LogP contribution is -2.56. The Kier molecular flexibility index (Phi) is 11.7. The van der Waals surface area contributed by atoms with Gasteiger partial charge >= 0.3 is 6.09 Å². The number of aliphatic hydroxyl groups is 1. The number of sulfonamides is 1. The Balaban J connectivity index is 1.65. The molecular weight excluding hydrogens is 616 g/mol. The number of alkyl carbamates (subject to hydrolysis) is 1. The van der Waals surface area contributed by atoms with Crippen molar-refractivity contribution >= 4 is 22.0 Å². The van der Waals surface area contributed by atoms with Crippen molar-refractivity contribution in [3.63, 3.8) is 0 Å². The zero-order chi connectivity index (χ0) is 33.6. The summed E-state index contributed by atoms with van der Waals surface area (Å²) in [7, 11) is -1.35. The number of methoxy groups -OCH3 is 1. The van der Waals surface area contributed by atoms with Crippen LogP contribution in [0, 0.1) is 11.3 Å². The van der Waals surface area contributed by atoms with Crippen LogP contribution < -0.4 is 21.1 Å². The van der Waals surface area contributed by atoms with E-state index in [1.54, 1.807) is 36.4 Å². The van der Waals surface area contributed by atoms with Gasteiger partial charge < -0.3 is 40.4 Å². The van der Waals surface area contributed by atoms with Crippen molar-refractivity contribution in [2.75, 3.05) is 27.4 Å². The van der Waals surface area contributed by atoms with Crippen LogP contribution >= 0.6 is 0 Å². The molecule has 2 heterocycles. The molecule has 0 saturated carbocycles. The fourth-order valence-electron chi connectivity index (χ4n) is 6.02. The normalized spacial score (nSPS) is 21.7. The molecule has 0 radical (unpaired) electrons. The van der Waals surface area contributed by atoms with Gasteiger partial charge in [-0.15, -0.1) is 0 Å². The number of carbonyl (C=O) groups excluding carboxylic acids is 2. The van der Waals surface area contributed by atoms with Gasteiger partial charge in [0.1, 0.15) is 18.0 Å². The number of rotatable bonds is 14. The molecule has 2 fully saturated rings. The number of hydrogen-bond acceptors (Lipinski definition) is 10. The molecule has 0 aliphatic carbocycles. The number of ether oxygens (including phenoxy) is 4. The maximum absolute atomic E-state index is 14.5. The van der Waals surface area contributed by atoms with Crippen molar-refractivity contribution in [1.29, 1.82) is 0 Å². The Bertz CT molecular complexity index is 1450. The van der Waals surface area contributed by atoms with Crippen LogP contribution in [0.4, 0.5) is 4.79 Å². The molecule has 2 saturated heterocycles. The molecule has 6 atom stereocenters. The molecule has 14 heteroatoms. The molecule has 2 aliphatic rings. The molecule has 254 valence electrons. The summed E-state index contributed by atoms with van der Waals surface area (Å²) in [5.74, 6) is 0.0599. The van der Waals surface area contributed by atoms with Crippen LogP contribution in [0.1, 0.15) is 44.7 Å².